The summed E-state index contributed by atoms with van der Waals surface area (Å²) < 4.78 is 0. The molecule has 0 radical (unpaired) electrons. The predicted octanol–water partition coefficient (Wildman–Crippen LogP) is 3.09. The Bertz CT molecular complexity index is 487. The van der Waals surface area contributed by atoms with Crippen molar-refractivity contribution in [3.05, 3.63) is 23.8 Å². The highest BCUT2D eigenvalue weighted by Gasteiger charge is 2.22. The van der Waals surface area contributed by atoms with Crippen LogP contribution >= 0.6 is 12.4 Å². The first kappa shape index (κ1) is 18.6. The van der Waals surface area contributed by atoms with E-state index < -0.39 is 0 Å². The van der Waals surface area contributed by atoms with Gasteiger partial charge in [0.2, 0.25) is 5.91 Å². The number of halogens is 1. The number of carbonyl (C=O) groups is 1. The molecule has 0 spiro atoms. The molecule has 1 heterocycles. The maximum Gasteiger partial charge on any atom is 0.242 e. The lowest BCUT2D eigenvalue weighted by atomic mass is 10.00. The second-order valence-electron chi connectivity index (χ2n) is 5.75. The first-order chi connectivity index (χ1) is 10.2. The standard InChI is InChI=1S/C17H27N3O.ClH/c1-3-10-19(11-4-2)17(21)13-20-12-6-7-14-15(18)8-5-9-16(14)20;/h5,8-9H,3-4,6-7,10-13,18H2,1-2H3;1H. The maximum atomic E-state index is 12.5. The van der Waals surface area contributed by atoms with Crippen LogP contribution in [0.3, 0.4) is 0 Å². The molecule has 5 heteroatoms. The van der Waals surface area contributed by atoms with Gasteiger partial charge >= 0.3 is 0 Å². The lowest BCUT2D eigenvalue weighted by molar-refractivity contribution is -0.129. The molecule has 22 heavy (non-hydrogen) atoms. The van der Waals surface area contributed by atoms with Gasteiger partial charge < -0.3 is 15.5 Å². The van der Waals surface area contributed by atoms with E-state index in [2.05, 4.69) is 24.8 Å². The number of nitrogens with zero attached hydrogens (tertiary/aromatic N) is 2. The quantitative estimate of drug-likeness (QED) is 0.818. The molecule has 4 nitrogen and oxygen atoms in total. The van der Waals surface area contributed by atoms with E-state index in [1.807, 2.05) is 17.0 Å². The van der Waals surface area contributed by atoms with Gasteiger partial charge in [0.1, 0.15) is 0 Å². The molecule has 1 aromatic rings. The van der Waals surface area contributed by atoms with Crippen LogP contribution in [0.25, 0.3) is 0 Å². The lowest BCUT2D eigenvalue weighted by Crippen LogP contribution is -2.43. The molecule has 1 aliphatic rings. The summed E-state index contributed by atoms with van der Waals surface area (Å²) >= 11 is 0. The molecule has 0 unspecified atom stereocenters. The first-order valence-electron chi connectivity index (χ1n) is 8.07. The van der Waals surface area contributed by atoms with E-state index in [0.29, 0.717) is 6.54 Å². The van der Waals surface area contributed by atoms with Crippen LogP contribution in [0, 0.1) is 0 Å². The fourth-order valence-electron chi connectivity index (χ4n) is 3.06. The molecule has 0 aromatic heterocycles. The summed E-state index contributed by atoms with van der Waals surface area (Å²) in [5, 5.41) is 0. The molecule has 1 aliphatic heterocycles. The van der Waals surface area contributed by atoms with E-state index in [0.717, 1.165) is 56.7 Å². The number of hydrogen-bond donors (Lipinski definition) is 1. The summed E-state index contributed by atoms with van der Waals surface area (Å²) in [6, 6.07) is 6.01. The molecule has 0 bridgehead atoms. The molecule has 0 atom stereocenters. The summed E-state index contributed by atoms with van der Waals surface area (Å²) in [6.07, 6.45) is 4.10. The fourth-order valence-corrected chi connectivity index (χ4v) is 3.06. The highest BCUT2D eigenvalue weighted by molar-refractivity contribution is 5.85. The Morgan fingerprint density at radius 1 is 1.27 bits per heavy atom. The Labute approximate surface area is 140 Å². The number of anilines is 2. The average Bonchev–Trinajstić information content (AvgIpc) is 2.48. The van der Waals surface area contributed by atoms with Crippen molar-refractivity contribution < 1.29 is 4.79 Å². The molecule has 1 aromatic carbocycles. The van der Waals surface area contributed by atoms with Gasteiger partial charge in [-0.05, 0) is 43.4 Å². The van der Waals surface area contributed by atoms with Crippen LogP contribution in [0.2, 0.25) is 0 Å². The van der Waals surface area contributed by atoms with E-state index >= 15 is 0 Å². The number of rotatable bonds is 6. The van der Waals surface area contributed by atoms with E-state index in [4.69, 9.17) is 5.73 Å². The van der Waals surface area contributed by atoms with Gasteiger partial charge in [-0.25, -0.2) is 0 Å². The first-order valence-corrected chi connectivity index (χ1v) is 8.07. The molecule has 2 rings (SSSR count). The lowest BCUT2D eigenvalue weighted by Gasteiger charge is -2.33. The molecule has 0 saturated heterocycles. The minimum atomic E-state index is 0. The summed E-state index contributed by atoms with van der Waals surface area (Å²) in [7, 11) is 0. The molecular weight excluding hydrogens is 298 g/mol. The summed E-state index contributed by atoms with van der Waals surface area (Å²) in [5.41, 5.74) is 9.26. The summed E-state index contributed by atoms with van der Waals surface area (Å²) in [4.78, 5) is 16.7. The van der Waals surface area contributed by atoms with Crippen LogP contribution in [0.15, 0.2) is 18.2 Å². The Morgan fingerprint density at radius 3 is 2.59 bits per heavy atom. The molecule has 0 fully saturated rings. The van der Waals surface area contributed by atoms with Crippen molar-refractivity contribution in [1.29, 1.82) is 0 Å². The number of nitrogen functional groups attached to an aromatic ring is 1. The van der Waals surface area contributed by atoms with Gasteiger partial charge in [-0.2, -0.15) is 0 Å². The Morgan fingerprint density at radius 2 is 1.95 bits per heavy atom. The van der Waals surface area contributed by atoms with E-state index in [1.54, 1.807) is 0 Å². The van der Waals surface area contributed by atoms with Crippen molar-refractivity contribution in [3.63, 3.8) is 0 Å². The SMILES string of the molecule is CCCN(CCC)C(=O)CN1CCCc2c(N)cccc21.Cl. The molecular formula is C17H28ClN3O. The fraction of sp³-hybridized carbons (Fsp3) is 0.588. The van der Waals surface area contributed by atoms with E-state index in [1.165, 1.54) is 5.56 Å². The Balaban J connectivity index is 0.00000242. The van der Waals surface area contributed by atoms with E-state index in [9.17, 15) is 4.79 Å². The Hall–Kier alpha value is -1.42. The summed E-state index contributed by atoms with van der Waals surface area (Å²) in [5.74, 6) is 0.231. The van der Waals surface area contributed by atoms with Gasteiger partial charge in [-0.1, -0.05) is 19.9 Å². The van der Waals surface area contributed by atoms with Crippen LogP contribution in [0.1, 0.15) is 38.7 Å². The average molecular weight is 326 g/mol. The minimum absolute atomic E-state index is 0. The van der Waals surface area contributed by atoms with Crippen LogP contribution in [-0.4, -0.2) is 37.0 Å². The van der Waals surface area contributed by atoms with Crippen LogP contribution in [-0.2, 0) is 11.2 Å². The van der Waals surface area contributed by atoms with Gasteiger partial charge in [-0.15, -0.1) is 12.4 Å². The zero-order valence-electron chi connectivity index (χ0n) is 13.7. The third-order valence-electron chi connectivity index (χ3n) is 4.05. The van der Waals surface area contributed by atoms with Gasteiger partial charge in [0.25, 0.3) is 0 Å². The number of amides is 1. The molecule has 124 valence electrons. The monoisotopic (exact) mass is 325 g/mol. The molecule has 2 N–H and O–H groups in total. The van der Waals surface area contributed by atoms with Crippen molar-refractivity contribution >= 4 is 29.7 Å². The van der Waals surface area contributed by atoms with Crippen molar-refractivity contribution in [2.24, 2.45) is 0 Å². The van der Waals surface area contributed by atoms with Crippen LogP contribution in [0.4, 0.5) is 11.4 Å². The number of nitrogens with two attached hydrogens (primary N) is 1. The molecule has 0 aliphatic carbocycles. The summed E-state index contributed by atoms with van der Waals surface area (Å²) in [6.45, 7) is 7.35. The zero-order chi connectivity index (χ0) is 15.2. The van der Waals surface area contributed by atoms with Gasteiger partial charge in [0.05, 0.1) is 6.54 Å². The number of fused-ring (bicyclic) bond motifs is 1. The van der Waals surface area contributed by atoms with Crippen molar-refractivity contribution in [2.45, 2.75) is 39.5 Å². The normalized spacial score (nSPS) is 13.3. The van der Waals surface area contributed by atoms with Gasteiger partial charge in [0, 0.05) is 31.0 Å². The van der Waals surface area contributed by atoms with Crippen molar-refractivity contribution in [3.8, 4) is 0 Å². The molecule has 1 amide bonds. The smallest absolute Gasteiger partial charge is 0.242 e. The van der Waals surface area contributed by atoms with Crippen molar-refractivity contribution in [1.82, 2.24) is 4.90 Å². The number of benzene rings is 1. The number of hydrogen-bond acceptors (Lipinski definition) is 3. The highest BCUT2D eigenvalue weighted by Crippen LogP contribution is 2.31. The van der Waals surface area contributed by atoms with Gasteiger partial charge in [0.15, 0.2) is 0 Å². The van der Waals surface area contributed by atoms with Gasteiger partial charge in [-0.3, -0.25) is 4.79 Å². The highest BCUT2D eigenvalue weighted by atomic mass is 35.5. The minimum Gasteiger partial charge on any atom is -0.398 e. The maximum absolute atomic E-state index is 12.5. The third kappa shape index (κ3) is 4.29. The number of carbonyl (C=O) groups excluding carboxylic acids is 1. The van der Waals surface area contributed by atoms with E-state index in [-0.39, 0.29) is 18.3 Å². The second kappa shape index (κ2) is 8.89. The topological polar surface area (TPSA) is 49.6 Å². The third-order valence-corrected chi connectivity index (χ3v) is 4.05. The van der Waals surface area contributed by atoms with Crippen LogP contribution < -0.4 is 10.6 Å². The Kier molecular flexibility index (Phi) is 7.52. The second-order valence-corrected chi connectivity index (χ2v) is 5.75. The zero-order valence-corrected chi connectivity index (χ0v) is 14.5. The van der Waals surface area contributed by atoms with Crippen molar-refractivity contribution in [2.75, 3.05) is 36.8 Å². The molecule has 0 saturated carbocycles. The van der Waals surface area contributed by atoms with Crippen LogP contribution in [0.5, 0.6) is 0 Å². The largest absolute Gasteiger partial charge is 0.398 e. The predicted molar refractivity (Wildman–Crippen MR) is 95.8 cm³/mol.